The van der Waals surface area contributed by atoms with E-state index >= 15 is 0 Å². The number of likely N-dealkylation sites (tertiary alicyclic amines) is 1. The van der Waals surface area contributed by atoms with Crippen LogP contribution in [0.5, 0.6) is 0 Å². The highest BCUT2D eigenvalue weighted by molar-refractivity contribution is 5.69. The van der Waals surface area contributed by atoms with Crippen molar-refractivity contribution in [1.29, 1.82) is 0 Å². The molecule has 0 bridgehead atoms. The Hall–Kier alpha value is -0.910. The number of rotatable bonds is 1. The van der Waals surface area contributed by atoms with Crippen LogP contribution in [-0.4, -0.2) is 47.3 Å². The molecule has 19 heavy (non-hydrogen) atoms. The Morgan fingerprint density at radius 3 is 2.47 bits per heavy atom. The molecule has 1 saturated carbocycles. The van der Waals surface area contributed by atoms with Crippen molar-refractivity contribution in [3.63, 3.8) is 0 Å². The highest BCUT2D eigenvalue weighted by Crippen LogP contribution is 2.55. The van der Waals surface area contributed by atoms with Crippen molar-refractivity contribution in [1.82, 2.24) is 4.90 Å². The first-order valence-corrected chi connectivity index (χ1v) is 6.54. The molecule has 2 aliphatic rings. The molecule has 110 valence electrons. The lowest BCUT2D eigenvalue weighted by atomic mass is 9.72. The standard InChI is InChI=1S/C13H21F2NO3/c1-11(2,3)19-10(18)16-7-12(8-16)6-13(14,15)4-9(12)5-17/h9,17H,4-8H2,1-3H3/t9-/m0/s1. The molecule has 0 unspecified atom stereocenters. The SMILES string of the molecule is CC(C)(C)OC(=O)N1CC2(C1)CC(F)(F)C[C@H]2CO. The predicted molar refractivity (Wildman–Crippen MR) is 65.0 cm³/mol. The lowest BCUT2D eigenvalue weighted by molar-refractivity contribution is -0.0706. The molecule has 1 saturated heterocycles. The van der Waals surface area contributed by atoms with Crippen LogP contribution in [0.4, 0.5) is 13.6 Å². The van der Waals surface area contributed by atoms with Gasteiger partial charge < -0.3 is 14.7 Å². The van der Waals surface area contributed by atoms with Crippen LogP contribution >= 0.6 is 0 Å². The van der Waals surface area contributed by atoms with E-state index < -0.39 is 28.9 Å². The van der Waals surface area contributed by atoms with Crippen LogP contribution in [0.2, 0.25) is 0 Å². The van der Waals surface area contributed by atoms with Crippen molar-refractivity contribution < 1.29 is 23.4 Å². The molecule has 2 rings (SSSR count). The zero-order valence-corrected chi connectivity index (χ0v) is 11.6. The van der Waals surface area contributed by atoms with Crippen LogP contribution in [-0.2, 0) is 4.74 Å². The molecule has 0 aromatic carbocycles. The molecule has 1 aliphatic heterocycles. The average Bonchev–Trinajstić information content (AvgIpc) is 2.44. The second-order valence-electron chi connectivity index (χ2n) is 6.82. The Morgan fingerprint density at radius 1 is 1.42 bits per heavy atom. The summed E-state index contributed by atoms with van der Waals surface area (Å²) in [5.74, 6) is -3.16. The molecule has 0 radical (unpaired) electrons. The van der Waals surface area contributed by atoms with E-state index in [0.717, 1.165) is 0 Å². The fraction of sp³-hybridized carbons (Fsp3) is 0.923. The first kappa shape index (κ1) is 14.5. The fourth-order valence-electron chi connectivity index (χ4n) is 3.11. The number of aliphatic hydroxyl groups excluding tert-OH is 1. The normalized spacial score (nSPS) is 28.3. The molecular formula is C13H21F2NO3. The van der Waals surface area contributed by atoms with E-state index in [1.807, 2.05) is 0 Å². The quantitative estimate of drug-likeness (QED) is 0.800. The largest absolute Gasteiger partial charge is 0.444 e. The van der Waals surface area contributed by atoms with Gasteiger partial charge in [0.2, 0.25) is 5.92 Å². The Morgan fingerprint density at radius 2 is 2.00 bits per heavy atom. The van der Waals surface area contributed by atoms with E-state index in [1.54, 1.807) is 20.8 Å². The molecule has 1 N–H and O–H groups in total. The molecule has 1 heterocycles. The Bertz CT molecular complexity index is 373. The van der Waals surface area contributed by atoms with Crippen LogP contribution in [0.25, 0.3) is 0 Å². The molecule has 1 amide bonds. The van der Waals surface area contributed by atoms with Crippen LogP contribution in [0.3, 0.4) is 0 Å². The number of carbonyl (C=O) groups is 1. The molecule has 0 aromatic heterocycles. The van der Waals surface area contributed by atoms with Gasteiger partial charge in [-0.25, -0.2) is 13.6 Å². The minimum absolute atomic E-state index is 0.246. The molecule has 4 nitrogen and oxygen atoms in total. The molecular weight excluding hydrogens is 256 g/mol. The molecule has 1 spiro atoms. The van der Waals surface area contributed by atoms with Gasteiger partial charge in [-0.05, 0) is 26.7 Å². The monoisotopic (exact) mass is 277 g/mol. The van der Waals surface area contributed by atoms with Crippen molar-refractivity contribution in [2.45, 2.75) is 45.1 Å². The topological polar surface area (TPSA) is 49.8 Å². The van der Waals surface area contributed by atoms with E-state index in [1.165, 1.54) is 4.90 Å². The van der Waals surface area contributed by atoms with Crippen LogP contribution in [0, 0.1) is 11.3 Å². The zero-order valence-electron chi connectivity index (χ0n) is 11.6. The second-order valence-corrected chi connectivity index (χ2v) is 6.82. The third kappa shape index (κ3) is 2.83. The van der Waals surface area contributed by atoms with Crippen LogP contribution < -0.4 is 0 Å². The Kier molecular flexibility index (Phi) is 3.28. The molecule has 1 atom stereocenters. The highest BCUT2D eigenvalue weighted by atomic mass is 19.3. The van der Waals surface area contributed by atoms with Gasteiger partial charge >= 0.3 is 6.09 Å². The smallest absolute Gasteiger partial charge is 0.410 e. The van der Waals surface area contributed by atoms with Crippen molar-refractivity contribution >= 4 is 6.09 Å². The van der Waals surface area contributed by atoms with E-state index in [9.17, 15) is 18.7 Å². The number of amides is 1. The van der Waals surface area contributed by atoms with Gasteiger partial charge in [-0.2, -0.15) is 0 Å². The highest BCUT2D eigenvalue weighted by Gasteiger charge is 2.62. The van der Waals surface area contributed by atoms with E-state index in [2.05, 4.69) is 0 Å². The van der Waals surface area contributed by atoms with Gasteiger partial charge in [0.05, 0.1) is 0 Å². The van der Waals surface area contributed by atoms with Crippen LogP contribution in [0.15, 0.2) is 0 Å². The number of hydrogen-bond acceptors (Lipinski definition) is 3. The number of alkyl halides is 2. The van der Waals surface area contributed by atoms with Crippen molar-refractivity contribution in [2.75, 3.05) is 19.7 Å². The van der Waals surface area contributed by atoms with Crippen molar-refractivity contribution in [2.24, 2.45) is 11.3 Å². The first-order valence-electron chi connectivity index (χ1n) is 6.54. The lowest BCUT2D eigenvalue weighted by Crippen LogP contribution is -2.61. The first-order chi connectivity index (χ1) is 8.57. The number of ether oxygens (including phenoxy) is 1. The van der Waals surface area contributed by atoms with Gasteiger partial charge in [-0.1, -0.05) is 0 Å². The van der Waals surface area contributed by atoms with E-state index in [-0.39, 0.29) is 32.5 Å². The maximum Gasteiger partial charge on any atom is 0.410 e. The zero-order chi connectivity index (χ0) is 14.5. The Labute approximate surface area is 111 Å². The number of nitrogens with zero attached hydrogens (tertiary/aromatic N) is 1. The maximum atomic E-state index is 13.5. The van der Waals surface area contributed by atoms with Gasteiger partial charge in [0.25, 0.3) is 0 Å². The minimum Gasteiger partial charge on any atom is -0.444 e. The average molecular weight is 277 g/mol. The number of halogens is 2. The van der Waals surface area contributed by atoms with Crippen LogP contribution in [0.1, 0.15) is 33.6 Å². The Balaban J connectivity index is 1.96. The van der Waals surface area contributed by atoms with Gasteiger partial charge in [-0.15, -0.1) is 0 Å². The maximum absolute atomic E-state index is 13.5. The van der Waals surface area contributed by atoms with Crippen molar-refractivity contribution in [3.8, 4) is 0 Å². The van der Waals surface area contributed by atoms with E-state index in [4.69, 9.17) is 4.74 Å². The summed E-state index contributed by atoms with van der Waals surface area (Å²) < 4.78 is 32.1. The van der Waals surface area contributed by atoms with Gasteiger partial charge in [-0.3, -0.25) is 0 Å². The van der Waals surface area contributed by atoms with Gasteiger partial charge in [0.15, 0.2) is 0 Å². The number of aliphatic hydroxyl groups is 1. The summed E-state index contributed by atoms with van der Waals surface area (Å²) >= 11 is 0. The summed E-state index contributed by atoms with van der Waals surface area (Å²) in [5, 5.41) is 9.24. The summed E-state index contributed by atoms with van der Waals surface area (Å²) in [6.07, 6.45) is -0.999. The minimum atomic E-state index is -2.73. The number of carbonyl (C=O) groups excluding carboxylic acids is 1. The fourth-order valence-corrected chi connectivity index (χ4v) is 3.11. The lowest BCUT2D eigenvalue weighted by Gasteiger charge is -2.50. The van der Waals surface area contributed by atoms with Gasteiger partial charge in [0, 0.05) is 38.0 Å². The summed E-state index contributed by atoms with van der Waals surface area (Å²) in [7, 11) is 0. The molecule has 0 aromatic rings. The predicted octanol–water partition coefficient (Wildman–Crippen LogP) is 2.26. The molecule has 2 fully saturated rings. The summed E-state index contributed by atoms with van der Waals surface area (Å²) in [5.41, 5.74) is -1.22. The number of hydrogen-bond donors (Lipinski definition) is 1. The van der Waals surface area contributed by atoms with Crippen molar-refractivity contribution in [3.05, 3.63) is 0 Å². The summed E-state index contributed by atoms with van der Waals surface area (Å²) in [6.45, 7) is 5.55. The summed E-state index contributed by atoms with van der Waals surface area (Å²) in [4.78, 5) is 13.2. The molecule has 6 heteroatoms. The third-order valence-electron chi connectivity index (χ3n) is 3.91. The summed E-state index contributed by atoms with van der Waals surface area (Å²) in [6, 6.07) is 0. The van der Waals surface area contributed by atoms with Gasteiger partial charge in [0.1, 0.15) is 5.60 Å². The third-order valence-corrected chi connectivity index (χ3v) is 3.91. The second kappa shape index (κ2) is 4.30. The van der Waals surface area contributed by atoms with E-state index in [0.29, 0.717) is 0 Å². The molecule has 1 aliphatic carbocycles.